The summed E-state index contributed by atoms with van der Waals surface area (Å²) in [6, 6.07) is 52.3. The second-order valence-electron chi connectivity index (χ2n) is 11.8. The molecule has 0 aliphatic rings. The zero-order chi connectivity index (χ0) is 31.0. The third kappa shape index (κ3) is 4.62. The molecule has 0 radical (unpaired) electrons. The van der Waals surface area contributed by atoms with Crippen LogP contribution in [0.2, 0.25) is 0 Å². The minimum Gasteiger partial charge on any atom is -0.292 e. The molecule has 0 spiro atoms. The fourth-order valence-corrected chi connectivity index (χ4v) is 7.06. The summed E-state index contributed by atoms with van der Waals surface area (Å²) >= 11 is 0. The number of imidazole rings is 1. The minimum atomic E-state index is 0.923. The standard InChI is InChI=1S/C44H34N2/c1-3-14-37-36(4-2)42(38-19-10-11-20-39(38)43(37)34-24-23-30-15-8-9-18-33(30)29-34)31-25-27-35(28-26-31)46-41-22-13-12-21-40(41)45-44(46)32-16-6-5-7-17-32/h3,5-29H,4H2,1-2H3. The Hall–Kier alpha value is -5.73. The molecule has 7 aromatic carbocycles. The van der Waals surface area contributed by atoms with Gasteiger partial charge in [-0.3, -0.25) is 4.57 Å². The lowest BCUT2D eigenvalue weighted by Crippen LogP contribution is -2.00. The molecule has 0 aliphatic carbocycles. The van der Waals surface area contributed by atoms with Crippen molar-refractivity contribution in [2.24, 2.45) is 0 Å². The molecular weight excluding hydrogens is 556 g/mol. The largest absolute Gasteiger partial charge is 0.292 e. The molecule has 0 fully saturated rings. The second-order valence-corrected chi connectivity index (χ2v) is 11.8. The summed E-state index contributed by atoms with van der Waals surface area (Å²) in [4.78, 5) is 5.05. The van der Waals surface area contributed by atoms with Gasteiger partial charge in [-0.2, -0.15) is 0 Å². The number of nitrogens with zero attached hydrogens (tertiary/aromatic N) is 2. The van der Waals surface area contributed by atoms with Gasteiger partial charge in [0.25, 0.3) is 0 Å². The normalized spacial score (nSPS) is 11.7. The van der Waals surface area contributed by atoms with Crippen LogP contribution < -0.4 is 0 Å². The van der Waals surface area contributed by atoms with E-state index in [2.05, 4.69) is 170 Å². The van der Waals surface area contributed by atoms with E-state index in [0.29, 0.717) is 0 Å². The van der Waals surface area contributed by atoms with E-state index in [0.717, 1.165) is 34.5 Å². The lowest BCUT2D eigenvalue weighted by molar-refractivity contribution is 1.10. The lowest BCUT2D eigenvalue weighted by Gasteiger charge is -2.22. The van der Waals surface area contributed by atoms with Crippen molar-refractivity contribution in [3.63, 3.8) is 0 Å². The molecule has 0 unspecified atom stereocenters. The highest BCUT2D eigenvalue weighted by atomic mass is 15.1. The Morgan fingerprint density at radius 3 is 2.00 bits per heavy atom. The first kappa shape index (κ1) is 27.8. The molecule has 0 bridgehead atoms. The fraction of sp³-hybridized carbons (Fsp3) is 0.0682. The molecule has 0 amide bonds. The monoisotopic (exact) mass is 590 g/mol. The average Bonchev–Trinajstić information content (AvgIpc) is 3.51. The van der Waals surface area contributed by atoms with Crippen LogP contribution in [0.3, 0.4) is 0 Å². The molecule has 1 heterocycles. The summed E-state index contributed by atoms with van der Waals surface area (Å²) in [5, 5.41) is 5.07. The van der Waals surface area contributed by atoms with Crippen molar-refractivity contribution in [2.45, 2.75) is 20.3 Å². The molecular formula is C44H34N2. The van der Waals surface area contributed by atoms with E-state index in [1.165, 1.54) is 54.9 Å². The van der Waals surface area contributed by atoms with Crippen LogP contribution in [-0.2, 0) is 6.42 Å². The van der Waals surface area contributed by atoms with E-state index < -0.39 is 0 Å². The maximum Gasteiger partial charge on any atom is 0.145 e. The first-order chi connectivity index (χ1) is 22.7. The van der Waals surface area contributed by atoms with Crippen molar-refractivity contribution in [3.8, 4) is 39.3 Å². The van der Waals surface area contributed by atoms with Crippen molar-refractivity contribution < 1.29 is 0 Å². The van der Waals surface area contributed by atoms with Crippen LogP contribution in [0.1, 0.15) is 25.0 Å². The maximum absolute atomic E-state index is 5.05. The zero-order valence-electron chi connectivity index (χ0n) is 26.1. The topological polar surface area (TPSA) is 17.8 Å². The molecule has 8 rings (SSSR count). The molecule has 46 heavy (non-hydrogen) atoms. The summed E-state index contributed by atoms with van der Waals surface area (Å²) in [6.07, 6.45) is 5.40. The van der Waals surface area contributed by atoms with Crippen LogP contribution in [-0.4, -0.2) is 9.55 Å². The molecule has 0 saturated heterocycles. The van der Waals surface area contributed by atoms with Gasteiger partial charge in [-0.25, -0.2) is 4.98 Å². The number of hydrogen-bond acceptors (Lipinski definition) is 1. The summed E-state index contributed by atoms with van der Waals surface area (Å²) in [5.74, 6) is 0.948. The Balaban J connectivity index is 1.34. The van der Waals surface area contributed by atoms with Crippen molar-refractivity contribution >= 4 is 38.7 Å². The Labute approximate surface area is 269 Å². The molecule has 220 valence electrons. The van der Waals surface area contributed by atoms with Crippen LogP contribution in [0.4, 0.5) is 0 Å². The highest BCUT2D eigenvalue weighted by Gasteiger charge is 2.20. The highest BCUT2D eigenvalue weighted by Crippen LogP contribution is 2.44. The van der Waals surface area contributed by atoms with Gasteiger partial charge in [0.15, 0.2) is 0 Å². The first-order valence-corrected chi connectivity index (χ1v) is 16.1. The van der Waals surface area contributed by atoms with Crippen LogP contribution in [0, 0.1) is 0 Å². The highest BCUT2D eigenvalue weighted by molar-refractivity contribution is 6.10. The third-order valence-corrected chi connectivity index (χ3v) is 9.09. The fourth-order valence-electron chi connectivity index (χ4n) is 7.06. The van der Waals surface area contributed by atoms with Gasteiger partial charge in [0.2, 0.25) is 0 Å². The van der Waals surface area contributed by atoms with Gasteiger partial charge >= 0.3 is 0 Å². The van der Waals surface area contributed by atoms with E-state index in [1.807, 2.05) is 6.07 Å². The number of benzene rings is 7. The Morgan fingerprint density at radius 1 is 0.587 bits per heavy atom. The lowest BCUT2D eigenvalue weighted by atomic mass is 9.82. The van der Waals surface area contributed by atoms with Gasteiger partial charge in [0.1, 0.15) is 5.82 Å². The predicted molar refractivity (Wildman–Crippen MR) is 196 cm³/mol. The number of hydrogen-bond donors (Lipinski definition) is 0. The minimum absolute atomic E-state index is 0.923. The Bertz CT molecular complexity index is 2390. The third-order valence-electron chi connectivity index (χ3n) is 9.09. The van der Waals surface area contributed by atoms with E-state index in [4.69, 9.17) is 4.98 Å². The number of fused-ring (bicyclic) bond motifs is 3. The van der Waals surface area contributed by atoms with Crippen LogP contribution in [0.15, 0.2) is 152 Å². The molecule has 2 nitrogen and oxygen atoms in total. The number of allylic oxidation sites excluding steroid dienone is 1. The summed E-state index contributed by atoms with van der Waals surface area (Å²) < 4.78 is 2.28. The first-order valence-electron chi connectivity index (χ1n) is 16.1. The van der Waals surface area contributed by atoms with Gasteiger partial charge in [-0.1, -0.05) is 134 Å². The van der Waals surface area contributed by atoms with Crippen molar-refractivity contribution in [1.82, 2.24) is 9.55 Å². The predicted octanol–water partition coefficient (Wildman–Crippen LogP) is 11.9. The average molecular weight is 591 g/mol. The second kappa shape index (κ2) is 11.6. The van der Waals surface area contributed by atoms with Gasteiger partial charge in [-0.05, 0) is 98.6 Å². The van der Waals surface area contributed by atoms with Crippen LogP contribution >= 0.6 is 0 Å². The SMILES string of the molecule is CC=Cc1c(CC)c(-c2ccc(-n3c(-c4ccccc4)nc4ccccc43)cc2)c2ccccc2c1-c1ccc2ccccc2c1. The smallest absolute Gasteiger partial charge is 0.145 e. The van der Waals surface area contributed by atoms with Crippen molar-refractivity contribution in [3.05, 3.63) is 163 Å². The summed E-state index contributed by atoms with van der Waals surface area (Å²) in [6.45, 7) is 4.40. The molecule has 0 N–H and O–H groups in total. The molecule has 0 aliphatic heterocycles. The van der Waals surface area contributed by atoms with Gasteiger partial charge in [0, 0.05) is 11.3 Å². The van der Waals surface area contributed by atoms with Gasteiger partial charge in [-0.15, -0.1) is 0 Å². The molecule has 1 aromatic heterocycles. The van der Waals surface area contributed by atoms with Crippen LogP contribution in [0.5, 0.6) is 0 Å². The molecule has 0 saturated carbocycles. The van der Waals surface area contributed by atoms with Gasteiger partial charge < -0.3 is 0 Å². The van der Waals surface area contributed by atoms with E-state index in [-0.39, 0.29) is 0 Å². The Kier molecular flexibility index (Phi) is 7.04. The summed E-state index contributed by atoms with van der Waals surface area (Å²) in [5.41, 5.74) is 12.0. The number of aromatic nitrogens is 2. The Morgan fingerprint density at radius 2 is 1.24 bits per heavy atom. The van der Waals surface area contributed by atoms with Gasteiger partial charge in [0.05, 0.1) is 11.0 Å². The molecule has 8 aromatic rings. The van der Waals surface area contributed by atoms with E-state index >= 15 is 0 Å². The van der Waals surface area contributed by atoms with E-state index in [9.17, 15) is 0 Å². The molecule has 0 atom stereocenters. The van der Waals surface area contributed by atoms with Crippen LogP contribution in [0.25, 0.3) is 78.0 Å². The molecule has 2 heteroatoms. The van der Waals surface area contributed by atoms with Crippen molar-refractivity contribution in [2.75, 3.05) is 0 Å². The van der Waals surface area contributed by atoms with E-state index in [1.54, 1.807) is 0 Å². The number of para-hydroxylation sites is 2. The maximum atomic E-state index is 5.05. The number of rotatable bonds is 6. The summed E-state index contributed by atoms with van der Waals surface area (Å²) in [7, 11) is 0. The zero-order valence-corrected chi connectivity index (χ0v) is 26.1. The quantitative estimate of drug-likeness (QED) is 0.188. The van der Waals surface area contributed by atoms with Crippen molar-refractivity contribution in [1.29, 1.82) is 0 Å².